The SMILES string of the molecule is CCNC(=NCC(CO)c1ccccc1)NCCN(C)S(=O)(=O)c1cccs1. The first-order valence-electron chi connectivity index (χ1n) is 9.16. The van der Waals surface area contributed by atoms with E-state index in [0.29, 0.717) is 36.3 Å². The molecule has 2 rings (SSSR count). The van der Waals surface area contributed by atoms with Crippen LogP contribution < -0.4 is 10.6 Å². The van der Waals surface area contributed by atoms with E-state index in [1.54, 1.807) is 24.6 Å². The molecule has 0 saturated heterocycles. The van der Waals surface area contributed by atoms with Crippen molar-refractivity contribution >= 4 is 27.3 Å². The maximum atomic E-state index is 12.4. The Labute approximate surface area is 171 Å². The molecule has 0 fully saturated rings. The van der Waals surface area contributed by atoms with E-state index in [-0.39, 0.29) is 12.5 Å². The third-order valence-electron chi connectivity index (χ3n) is 4.18. The van der Waals surface area contributed by atoms with Crippen molar-refractivity contribution in [1.82, 2.24) is 14.9 Å². The molecule has 28 heavy (non-hydrogen) atoms. The van der Waals surface area contributed by atoms with Crippen molar-refractivity contribution in [2.75, 3.05) is 39.8 Å². The van der Waals surface area contributed by atoms with E-state index in [4.69, 9.17) is 0 Å². The first-order valence-corrected chi connectivity index (χ1v) is 11.5. The van der Waals surface area contributed by atoms with Crippen LogP contribution in [0.1, 0.15) is 18.4 Å². The highest BCUT2D eigenvalue weighted by molar-refractivity contribution is 7.91. The van der Waals surface area contributed by atoms with E-state index >= 15 is 0 Å². The number of hydrogen-bond acceptors (Lipinski definition) is 5. The van der Waals surface area contributed by atoms with Gasteiger partial charge in [-0.2, -0.15) is 4.31 Å². The first kappa shape index (κ1) is 22.4. The smallest absolute Gasteiger partial charge is 0.252 e. The van der Waals surface area contributed by atoms with Gasteiger partial charge in [-0.05, 0) is 23.9 Å². The van der Waals surface area contributed by atoms with Crippen LogP contribution in [-0.2, 0) is 10.0 Å². The topological polar surface area (TPSA) is 94.0 Å². The average molecular weight is 425 g/mol. The van der Waals surface area contributed by atoms with Crippen LogP contribution in [0, 0.1) is 0 Å². The second-order valence-electron chi connectivity index (χ2n) is 6.20. The summed E-state index contributed by atoms with van der Waals surface area (Å²) in [4.78, 5) is 4.54. The van der Waals surface area contributed by atoms with Crippen molar-refractivity contribution in [3.63, 3.8) is 0 Å². The lowest BCUT2D eigenvalue weighted by Gasteiger charge is -2.18. The van der Waals surface area contributed by atoms with Gasteiger partial charge in [-0.15, -0.1) is 11.3 Å². The fourth-order valence-electron chi connectivity index (χ4n) is 2.55. The second-order valence-corrected chi connectivity index (χ2v) is 9.41. The third kappa shape index (κ3) is 6.30. The van der Waals surface area contributed by atoms with Gasteiger partial charge >= 0.3 is 0 Å². The highest BCUT2D eigenvalue weighted by atomic mass is 32.2. The summed E-state index contributed by atoms with van der Waals surface area (Å²) in [5.74, 6) is 0.511. The van der Waals surface area contributed by atoms with Crippen LogP contribution in [0.4, 0.5) is 0 Å². The van der Waals surface area contributed by atoms with E-state index in [0.717, 1.165) is 5.56 Å². The molecule has 9 heteroatoms. The number of thiophene rings is 1. The minimum absolute atomic E-state index is 0.00864. The summed E-state index contributed by atoms with van der Waals surface area (Å²) < 4.78 is 26.5. The zero-order chi connectivity index (χ0) is 20.4. The molecule has 7 nitrogen and oxygen atoms in total. The van der Waals surface area contributed by atoms with Crippen molar-refractivity contribution < 1.29 is 13.5 Å². The quantitative estimate of drug-likeness (QED) is 0.399. The lowest BCUT2D eigenvalue weighted by atomic mass is 10.0. The number of nitrogens with one attached hydrogen (secondary N) is 2. The summed E-state index contributed by atoms with van der Waals surface area (Å²) in [6.45, 7) is 3.82. The molecule has 0 aliphatic rings. The Kier molecular flexibility index (Phi) is 8.91. The number of guanidine groups is 1. The minimum atomic E-state index is -3.45. The fourth-order valence-corrected chi connectivity index (χ4v) is 4.93. The van der Waals surface area contributed by atoms with Gasteiger partial charge in [0.15, 0.2) is 5.96 Å². The summed E-state index contributed by atoms with van der Waals surface area (Å²) in [5, 5.41) is 17.7. The van der Waals surface area contributed by atoms with Gasteiger partial charge in [-0.1, -0.05) is 36.4 Å². The molecule has 0 spiro atoms. The van der Waals surface area contributed by atoms with Gasteiger partial charge < -0.3 is 15.7 Å². The Morgan fingerprint density at radius 3 is 2.57 bits per heavy atom. The number of sulfonamides is 1. The lowest BCUT2D eigenvalue weighted by molar-refractivity contribution is 0.268. The molecule has 0 bridgehead atoms. The van der Waals surface area contributed by atoms with Crippen LogP contribution in [0.3, 0.4) is 0 Å². The third-order valence-corrected chi connectivity index (χ3v) is 7.41. The highest BCUT2D eigenvalue weighted by Crippen LogP contribution is 2.19. The first-order chi connectivity index (χ1) is 13.5. The maximum absolute atomic E-state index is 12.4. The average Bonchev–Trinajstić information content (AvgIpc) is 3.25. The highest BCUT2D eigenvalue weighted by Gasteiger charge is 2.21. The Hall–Kier alpha value is -1.94. The molecule has 1 aromatic heterocycles. The molecule has 2 aromatic rings. The number of rotatable bonds is 10. The number of aliphatic hydroxyl groups is 1. The number of hydrogen-bond donors (Lipinski definition) is 3. The predicted molar refractivity (Wildman–Crippen MR) is 114 cm³/mol. The van der Waals surface area contributed by atoms with Crippen LogP contribution in [0.5, 0.6) is 0 Å². The summed E-state index contributed by atoms with van der Waals surface area (Å²) in [6.07, 6.45) is 0. The van der Waals surface area contributed by atoms with Gasteiger partial charge in [0.2, 0.25) is 0 Å². The Morgan fingerprint density at radius 1 is 1.21 bits per heavy atom. The molecule has 0 aliphatic carbocycles. The van der Waals surface area contributed by atoms with Crippen molar-refractivity contribution in [2.45, 2.75) is 17.1 Å². The minimum Gasteiger partial charge on any atom is -0.396 e. The molecule has 0 saturated carbocycles. The molecule has 1 heterocycles. The van der Waals surface area contributed by atoms with E-state index in [1.807, 2.05) is 37.3 Å². The van der Waals surface area contributed by atoms with Crippen molar-refractivity contribution in [1.29, 1.82) is 0 Å². The summed E-state index contributed by atoms with van der Waals surface area (Å²) >= 11 is 1.21. The van der Waals surface area contributed by atoms with Crippen molar-refractivity contribution in [3.8, 4) is 0 Å². The van der Waals surface area contributed by atoms with Crippen LogP contribution in [0.15, 0.2) is 57.0 Å². The molecule has 0 aliphatic heterocycles. The van der Waals surface area contributed by atoms with E-state index < -0.39 is 10.0 Å². The molecule has 3 N–H and O–H groups in total. The number of nitrogens with zero attached hydrogens (tertiary/aromatic N) is 2. The predicted octanol–water partition coefficient (Wildman–Crippen LogP) is 1.70. The molecular formula is C19H28N4O3S2. The van der Waals surface area contributed by atoms with Gasteiger partial charge in [-0.25, -0.2) is 8.42 Å². The standard InChI is InChI=1S/C19H28N4O3S2/c1-3-20-19(22-14-17(15-24)16-8-5-4-6-9-16)21-11-12-23(2)28(25,26)18-10-7-13-27-18/h4-10,13,17,24H,3,11-12,14-15H2,1-2H3,(H2,20,21,22). The Balaban J connectivity index is 1.92. The number of benzene rings is 1. The molecular weight excluding hydrogens is 396 g/mol. The fraction of sp³-hybridized carbons (Fsp3) is 0.421. The summed E-state index contributed by atoms with van der Waals surface area (Å²) in [5.41, 5.74) is 1.03. The zero-order valence-electron chi connectivity index (χ0n) is 16.2. The second kappa shape index (κ2) is 11.2. The van der Waals surface area contributed by atoms with E-state index in [9.17, 15) is 13.5 Å². The lowest BCUT2D eigenvalue weighted by Crippen LogP contribution is -2.42. The van der Waals surface area contributed by atoms with Crippen molar-refractivity contribution in [2.24, 2.45) is 4.99 Å². The van der Waals surface area contributed by atoms with Gasteiger partial charge in [0.1, 0.15) is 4.21 Å². The number of aliphatic hydroxyl groups excluding tert-OH is 1. The van der Waals surface area contributed by atoms with Gasteiger partial charge in [0, 0.05) is 32.6 Å². The number of aliphatic imine (C=N–C) groups is 1. The Bertz CT molecular complexity index is 824. The monoisotopic (exact) mass is 424 g/mol. The normalized spacial score (nSPS) is 13.5. The van der Waals surface area contributed by atoms with E-state index in [2.05, 4.69) is 15.6 Å². The zero-order valence-corrected chi connectivity index (χ0v) is 17.8. The summed E-state index contributed by atoms with van der Waals surface area (Å²) in [7, 11) is -1.89. The summed E-state index contributed by atoms with van der Waals surface area (Å²) in [6, 6.07) is 13.1. The van der Waals surface area contributed by atoms with Gasteiger partial charge in [0.25, 0.3) is 10.0 Å². The molecule has 1 unspecified atom stereocenters. The van der Waals surface area contributed by atoms with Crippen LogP contribution in [-0.4, -0.2) is 63.6 Å². The largest absolute Gasteiger partial charge is 0.396 e. The van der Waals surface area contributed by atoms with Gasteiger partial charge in [0.05, 0.1) is 13.2 Å². The van der Waals surface area contributed by atoms with Crippen LogP contribution in [0.25, 0.3) is 0 Å². The number of likely N-dealkylation sites (N-methyl/N-ethyl adjacent to an activating group) is 1. The molecule has 154 valence electrons. The molecule has 0 radical (unpaired) electrons. The molecule has 0 amide bonds. The van der Waals surface area contributed by atoms with E-state index in [1.165, 1.54) is 15.6 Å². The Morgan fingerprint density at radius 2 is 1.96 bits per heavy atom. The molecule has 1 aromatic carbocycles. The van der Waals surface area contributed by atoms with Crippen molar-refractivity contribution in [3.05, 3.63) is 53.4 Å². The van der Waals surface area contributed by atoms with Crippen LogP contribution >= 0.6 is 11.3 Å². The molecule has 1 atom stereocenters. The van der Waals surface area contributed by atoms with Crippen LogP contribution in [0.2, 0.25) is 0 Å². The maximum Gasteiger partial charge on any atom is 0.252 e. The van der Waals surface area contributed by atoms with Gasteiger partial charge in [-0.3, -0.25) is 4.99 Å².